The number of hydrogen-bond acceptors (Lipinski definition) is 4. The predicted octanol–water partition coefficient (Wildman–Crippen LogP) is 6.32. The van der Waals surface area contributed by atoms with E-state index < -0.39 is 17.8 Å². The number of anilines is 1. The number of rotatable bonds is 9. The number of carbonyl (C=O) groups is 2. The first-order valence-electron chi connectivity index (χ1n) is 12.4. The van der Waals surface area contributed by atoms with Crippen molar-refractivity contribution >= 4 is 29.0 Å². The molecule has 1 fully saturated rings. The van der Waals surface area contributed by atoms with Gasteiger partial charge in [-0.15, -0.1) is 11.3 Å². The third-order valence-corrected chi connectivity index (χ3v) is 7.40. The Labute approximate surface area is 224 Å². The second-order valence-corrected chi connectivity index (χ2v) is 10.3. The van der Waals surface area contributed by atoms with Gasteiger partial charge in [0.2, 0.25) is 5.91 Å². The summed E-state index contributed by atoms with van der Waals surface area (Å²) in [4.78, 5) is 31.0. The Kier molecular flexibility index (Phi) is 9.06. The first-order chi connectivity index (χ1) is 18.2. The average Bonchev–Trinajstić information content (AvgIpc) is 3.55. The number of hydrogen-bond donors (Lipinski definition) is 1. The van der Waals surface area contributed by atoms with Gasteiger partial charge >= 0.3 is 12.2 Å². The smallest absolute Gasteiger partial charge is 0.376 e. The van der Waals surface area contributed by atoms with Crippen molar-refractivity contribution in [1.82, 2.24) is 9.80 Å². The molecule has 6 nitrogen and oxygen atoms in total. The Bertz CT molecular complexity index is 1210. The molecule has 1 N–H and O–H groups in total. The molecule has 4 rings (SSSR count). The van der Waals surface area contributed by atoms with Crippen molar-refractivity contribution in [2.75, 3.05) is 25.0 Å². The van der Waals surface area contributed by atoms with Gasteiger partial charge in [-0.1, -0.05) is 30.3 Å². The molecule has 38 heavy (non-hydrogen) atoms. The van der Waals surface area contributed by atoms with E-state index in [0.717, 1.165) is 41.0 Å². The number of nitrogens with zero attached hydrogens (tertiary/aromatic N) is 2. The molecular weight excluding hydrogens is 515 g/mol. The highest BCUT2D eigenvalue weighted by atomic mass is 32.1. The number of aryl methyl sites for hydroxylation is 1. The van der Waals surface area contributed by atoms with Gasteiger partial charge in [0, 0.05) is 30.3 Å². The second kappa shape index (κ2) is 12.4. The second-order valence-electron chi connectivity index (χ2n) is 9.28. The van der Waals surface area contributed by atoms with Gasteiger partial charge in [0.15, 0.2) is 0 Å². The van der Waals surface area contributed by atoms with Crippen molar-refractivity contribution in [3.05, 3.63) is 87.6 Å². The zero-order valence-electron chi connectivity index (χ0n) is 21.0. The third-order valence-electron chi connectivity index (χ3n) is 6.40. The topological polar surface area (TPSA) is 61.9 Å². The molecule has 3 amide bonds. The number of alkyl halides is 3. The van der Waals surface area contributed by atoms with Gasteiger partial charge in [-0.2, -0.15) is 13.2 Å². The maximum atomic E-state index is 13.6. The van der Waals surface area contributed by atoms with E-state index in [0.29, 0.717) is 19.7 Å². The number of carbonyl (C=O) groups excluding carboxylic acids is 2. The summed E-state index contributed by atoms with van der Waals surface area (Å²) >= 11 is 1.57. The molecule has 1 aliphatic rings. The molecule has 0 spiro atoms. The van der Waals surface area contributed by atoms with Crippen LogP contribution in [0.4, 0.5) is 23.7 Å². The van der Waals surface area contributed by atoms with Crippen LogP contribution in [0.15, 0.2) is 66.0 Å². The Balaban J connectivity index is 1.51. The minimum atomic E-state index is -4.47. The summed E-state index contributed by atoms with van der Waals surface area (Å²) in [6, 6.07) is 15.3. The van der Waals surface area contributed by atoms with Crippen LogP contribution in [0.1, 0.15) is 34.4 Å². The summed E-state index contributed by atoms with van der Waals surface area (Å²) in [5.74, 6) is -0.234. The summed E-state index contributed by atoms with van der Waals surface area (Å²) in [5.41, 5.74) is 1.47. The van der Waals surface area contributed by atoms with Crippen molar-refractivity contribution in [3.63, 3.8) is 0 Å². The van der Waals surface area contributed by atoms with Gasteiger partial charge in [0.05, 0.1) is 18.2 Å². The fourth-order valence-electron chi connectivity index (χ4n) is 4.24. The van der Waals surface area contributed by atoms with Crippen LogP contribution in [-0.4, -0.2) is 47.5 Å². The highest BCUT2D eigenvalue weighted by Crippen LogP contribution is 2.30. The molecular formula is C28H30F3N3O3S. The molecule has 3 aromatic rings. The van der Waals surface area contributed by atoms with Crippen LogP contribution in [0.5, 0.6) is 0 Å². The molecule has 202 valence electrons. The number of thiophene rings is 1. The van der Waals surface area contributed by atoms with E-state index in [9.17, 15) is 22.8 Å². The van der Waals surface area contributed by atoms with Gasteiger partial charge in [-0.3, -0.25) is 4.79 Å². The normalized spacial score (nSPS) is 15.3. The first-order valence-corrected chi connectivity index (χ1v) is 13.3. The Morgan fingerprint density at radius 3 is 2.37 bits per heavy atom. The third kappa shape index (κ3) is 7.58. The minimum absolute atomic E-state index is 0.191. The van der Waals surface area contributed by atoms with E-state index >= 15 is 0 Å². The molecule has 0 radical (unpaired) electrons. The van der Waals surface area contributed by atoms with Gasteiger partial charge in [-0.25, -0.2) is 4.79 Å². The van der Waals surface area contributed by atoms with Crippen molar-refractivity contribution in [1.29, 1.82) is 0 Å². The molecule has 0 aliphatic carbocycles. The quantitative estimate of drug-likeness (QED) is 0.343. The lowest BCUT2D eigenvalue weighted by Gasteiger charge is -2.29. The van der Waals surface area contributed by atoms with Gasteiger partial charge in [0.1, 0.15) is 6.54 Å². The van der Waals surface area contributed by atoms with Crippen molar-refractivity contribution in [2.45, 2.75) is 45.1 Å². The lowest BCUT2D eigenvalue weighted by Crippen LogP contribution is -2.46. The molecule has 2 aromatic carbocycles. The lowest BCUT2D eigenvalue weighted by atomic mass is 10.2. The van der Waals surface area contributed by atoms with Crippen LogP contribution >= 0.6 is 11.3 Å². The fraction of sp³-hybridized carbons (Fsp3) is 0.357. The Morgan fingerprint density at radius 1 is 1.03 bits per heavy atom. The molecule has 2 heterocycles. The van der Waals surface area contributed by atoms with E-state index in [1.165, 1.54) is 17.0 Å². The Hall–Kier alpha value is -3.37. The van der Waals surface area contributed by atoms with Crippen LogP contribution in [0.25, 0.3) is 0 Å². The number of benzene rings is 2. The van der Waals surface area contributed by atoms with Crippen LogP contribution < -0.4 is 5.32 Å². The van der Waals surface area contributed by atoms with E-state index in [1.807, 2.05) is 48.7 Å². The maximum absolute atomic E-state index is 13.6. The number of ether oxygens (including phenoxy) is 1. The molecule has 1 saturated heterocycles. The van der Waals surface area contributed by atoms with Gasteiger partial charge in [0.25, 0.3) is 0 Å². The summed E-state index contributed by atoms with van der Waals surface area (Å²) in [6.45, 7) is 3.39. The zero-order chi connectivity index (χ0) is 27.1. The molecule has 1 atom stereocenters. The summed E-state index contributed by atoms with van der Waals surface area (Å²) in [6.07, 6.45) is -3.04. The van der Waals surface area contributed by atoms with Crippen LogP contribution in [0.2, 0.25) is 0 Å². The lowest BCUT2D eigenvalue weighted by molar-refractivity contribution is -0.137. The standard InChI is InChI=1S/C28H30F3N3O3S/c1-20-13-15-38-25(20)18-33(16-21-6-3-2-4-7-21)26(35)19-34(17-24-8-5-14-37-24)27(36)32-23-11-9-22(10-12-23)28(29,30)31/h2-4,6-7,9-13,15,24H,5,8,14,16-19H2,1H3,(H,32,36). The summed E-state index contributed by atoms with van der Waals surface area (Å²) in [7, 11) is 0. The first kappa shape index (κ1) is 27.7. The van der Waals surface area contributed by atoms with Gasteiger partial charge < -0.3 is 19.9 Å². The molecule has 1 aliphatic heterocycles. The number of nitrogens with one attached hydrogen (secondary N) is 1. The van der Waals surface area contributed by atoms with Crippen molar-refractivity contribution in [3.8, 4) is 0 Å². The molecule has 1 unspecified atom stereocenters. The van der Waals surface area contributed by atoms with E-state index in [2.05, 4.69) is 5.32 Å². The highest BCUT2D eigenvalue weighted by molar-refractivity contribution is 7.10. The van der Waals surface area contributed by atoms with Crippen molar-refractivity contribution in [2.24, 2.45) is 0 Å². The maximum Gasteiger partial charge on any atom is 0.416 e. The van der Waals surface area contributed by atoms with Crippen LogP contribution in [0.3, 0.4) is 0 Å². The summed E-state index contributed by atoms with van der Waals surface area (Å²) < 4.78 is 44.5. The van der Waals surface area contributed by atoms with E-state index in [4.69, 9.17) is 4.74 Å². The number of halogens is 3. The number of urea groups is 1. The van der Waals surface area contributed by atoms with Crippen LogP contribution in [-0.2, 0) is 28.8 Å². The highest BCUT2D eigenvalue weighted by Gasteiger charge is 2.30. The fourth-order valence-corrected chi connectivity index (χ4v) is 5.16. The molecule has 0 saturated carbocycles. The Morgan fingerprint density at radius 2 is 1.76 bits per heavy atom. The number of amides is 3. The van der Waals surface area contributed by atoms with Crippen molar-refractivity contribution < 1.29 is 27.5 Å². The van der Waals surface area contributed by atoms with Gasteiger partial charge in [-0.05, 0) is 66.6 Å². The SMILES string of the molecule is Cc1ccsc1CN(Cc1ccccc1)C(=O)CN(CC1CCCO1)C(=O)Nc1ccc(C(F)(F)F)cc1. The summed E-state index contributed by atoms with van der Waals surface area (Å²) in [5, 5.41) is 4.62. The van der Waals surface area contributed by atoms with Crippen LogP contribution in [0, 0.1) is 6.92 Å². The molecule has 1 aromatic heterocycles. The van der Waals surface area contributed by atoms with E-state index in [-0.39, 0.29) is 30.8 Å². The monoisotopic (exact) mass is 545 g/mol. The largest absolute Gasteiger partial charge is 0.416 e. The predicted molar refractivity (Wildman–Crippen MR) is 141 cm³/mol. The minimum Gasteiger partial charge on any atom is -0.376 e. The van der Waals surface area contributed by atoms with E-state index in [1.54, 1.807) is 16.2 Å². The molecule has 10 heteroatoms. The average molecular weight is 546 g/mol. The molecule has 0 bridgehead atoms. The zero-order valence-corrected chi connectivity index (χ0v) is 21.9.